The lowest BCUT2D eigenvalue weighted by Gasteiger charge is -2.35. The van der Waals surface area contributed by atoms with E-state index >= 15 is 0 Å². The minimum Gasteiger partial charge on any atom is -0.342 e. The van der Waals surface area contributed by atoms with E-state index < -0.39 is 17.6 Å². The molecule has 0 radical (unpaired) electrons. The van der Waals surface area contributed by atoms with Crippen molar-refractivity contribution in [3.05, 3.63) is 94.5 Å². The van der Waals surface area contributed by atoms with Crippen LogP contribution in [0.4, 0.5) is 8.78 Å². The SMILES string of the molecule is Cc1cc(-n2nc(-c3cccnc3)nc2C2CCN(C(=O)[C@@H]3CN(C(C)(C)C)C[C@H]3c3ccc(F)cc3F)CC2)ccc1Cl. The molecule has 7 nitrogen and oxygen atoms in total. The fourth-order valence-electron chi connectivity index (χ4n) is 6.47. The number of piperidine rings is 1. The number of benzene rings is 2. The molecule has 230 valence electrons. The van der Waals surface area contributed by atoms with Gasteiger partial charge in [0.2, 0.25) is 5.91 Å². The zero-order valence-electron chi connectivity index (χ0n) is 25.5. The highest BCUT2D eigenvalue weighted by atomic mass is 35.5. The molecular formula is C34H37ClF2N6O. The van der Waals surface area contributed by atoms with Crippen LogP contribution in [0.2, 0.25) is 5.02 Å². The number of carbonyl (C=O) groups is 1. The predicted octanol–water partition coefficient (Wildman–Crippen LogP) is 6.79. The lowest BCUT2D eigenvalue weighted by molar-refractivity contribution is -0.136. The normalized spacial score (nSPS) is 19.9. The van der Waals surface area contributed by atoms with Gasteiger partial charge in [-0.05, 0) is 88.1 Å². The van der Waals surface area contributed by atoms with E-state index in [0.717, 1.165) is 41.5 Å². The average Bonchev–Trinajstić information content (AvgIpc) is 3.65. The van der Waals surface area contributed by atoms with Crippen molar-refractivity contribution in [1.82, 2.24) is 29.5 Å². The molecule has 2 aromatic carbocycles. The summed E-state index contributed by atoms with van der Waals surface area (Å²) in [5.74, 6) is -0.441. The number of rotatable bonds is 5. The summed E-state index contributed by atoms with van der Waals surface area (Å²) in [7, 11) is 0. The summed E-state index contributed by atoms with van der Waals surface area (Å²) >= 11 is 6.32. The zero-order chi connectivity index (χ0) is 31.2. The molecule has 10 heteroatoms. The van der Waals surface area contributed by atoms with E-state index in [1.807, 2.05) is 46.8 Å². The van der Waals surface area contributed by atoms with Gasteiger partial charge in [-0.2, -0.15) is 0 Å². The number of amides is 1. The van der Waals surface area contributed by atoms with Crippen LogP contribution in [0.5, 0.6) is 0 Å². The molecule has 0 spiro atoms. The summed E-state index contributed by atoms with van der Waals surface area (Å²) in [6.45, 7) is 10.4. The largest absolute Gasteiger partial charge is 0.342 e. The van der Waals surface area contributed by atoms with Gasteiger partial charge in [0.1, 0.15) is 17.5 Å². The van der Waals surface area contributed by atoms with E-state index in [1.54, 1.807) is 12.4 Å². The third-order valence-corrected chi connectivity index (χ3v) is 9.48. The second-order valence-corrected chi connectivity index (χ2v) is 13.3. The van der Waals surface area contributed by atoms with Gasteiger partial charge in [-0.25, -0.2) is 18.4 Å². The molecule has 6 rings (SSSR count). The van der Waals surface area contributed by atoms with Crippen LogP contribution in [0.25, 0.3) is 17.1 Å². The molecule has 2 saturated heterocycles. The first-order valence-electron chi connectivity index (χ1n) is 15.1. The van der Waals surface area contributed by atoms with E-state index in [9.17, 15) is 13.6 Å². The predicted molar refractivity (Wildman–Crippen MR) is 167 cm³/mol. The number of nitrogens with zero attached hydrogens (tertiary/aromatic N) is 6. The summed E-state index contributed by atoms with van der Waals surface area (Å²) in [6, 6.07) is 13.3. The third kappa shape index (κ3) is 6.00. The van der Waals surface area contributed by atoms with Crippen LogP contribution < -0.4 is 0 Å². The molecule has 0 unspecified atom stereocenters. The monoisotopic (exact) mass is 618 g/mol. The Hall–Kier alpha value is -3.69. The van der Waals surface area contributed by atoms with Gasteiger partial charge >= 0.3 is 0 Å². The van der Waals surface area contributed by atoms with Crippen LogP contribution in [0.1, 0.15) is 62.4 Å². The maximum absolute atomic E-state index is 15.0. The quantitative estimate of drug-likeness (QED) is 0.246. The third-order valence-electron chi connectivity index (χ3n) is 9.06. The lowest BCUT2D eigenvalue weighted by Crippen LogP contribution is -2.44. The average molecular weight is 619 g/mol. The van der Waals surface area contributed by atoms with E-state index in [4.69, 9.17) is 21.7 Å². The molecule has 2 atom stereocenters. The van der Waals surface area contributed by atoms with Gasteiger partial charge in [0.05, 0.1) is 11.6 Å². The fourth-order valence-corrected chi connectivity index (χ4v) is 6.59. The number of aryl methyl sites for hydroxylation is 1. The number of pyridine rings is 1. The molecule has 44 heavy (non-hydrogen) atoms. The second kappa shape index (κ2) is 12.0. The van der Waals surface area contributed by atoms with E-state index in [2.05, 4.69) is 30.7 Å². The van der Waals surface area contributed by atoms with Crippen LogP contribution in [0, 0.1) is 24.5 Å². The molecule has 4 heterocycles. The van der Waals surface area contributed by atoms with Crippen molar-refractivity contribution in [3.8, 4) is 17.1 Å². The summed E-state index contributed by atoms with van der Waals surface area (Å²) in [5.41, 5.74) is 2.87. The molecule has 2 aromatic heterocycles. The van der Waals surface area contributed by atoms with Crippen molar-refractivity contribution >= 4 is 17.5 Å². The van der Waals surface area contributed by atoms with Gasteiger partial charge in [-0.3, -0.25) is 14.7 Å². The Morgan fingerprint density at radius 1 is 1.02 bits per heavy atom. The van der Waals surface area contributed by atoms with Crippen molar-refractivity contribution in [1.29, 1.82) is 0 Å². The highest BCUT2D eigenvalue weighted by molar-refractivity contribution is 6.31. The number of hydrogen-bond acceptors (Lipinski definition) is 5. The minimum absolute atomic E-state index is 0.0229. The standard InChI is InChI=1S/C34H37ClF2N6O/c1-21-16-25(8-10-29(21)35)43-32(39-31(40-43)23-6-5-13-38-18-23)22-11-14-41(15-12-22)33(44)28-20-42(34(2,3)4)19-27(28)26-9-7-24(36)17-30(26)37/h5-10,13,16-18,22,27-28H,11-12,14-15,19-20H2,1-4H3/t27-,28+/m0/s1. The van der Waals surface area contributed by atoms with E-state index in [-0.39, 0.29) is 23.3 Å². The van der Waals surface area contributed by atoms with Gasteiger partial charge in [0, 0.05) is 72.6 Å². The zero-order valence-corrected chi connectivity index (χ0v) is 26.2. The van der Waals surface area contributed by atoms with Crippen molar-refractivity contribution < 1.29 is 13.6 Å². The number of likely N-dealkylation sites (tertiary alicyclic amines) is 2. The second-order valence-electron chi connectivity index (χ2n) is 12.9. The summed E-state index contributed by atoms with van der Waals surface area (Å²) in [6.07, 6.45) is 4.90. The van der Waals surface area contributed by atoms with Gasteiger partial charge in [-0.15, -0.1) is 5.10 Å². The number of carbonyl (C=O) groups excluding carboxylic acids is 1. The van der Waals surface area contributed by atoms with Crippen LogP contribution in [-0.4, -0.2) is 67.2 Å². The van der Waals surface area contributed by atoms with E-state index in [1.165, 1.54) is 12.1 Å². The summed E-state index contributed by atoms with van der Waals surface area (Å²) in [4.78, 5) is 27.4. The van der Waals surface area contributed by atoms with Crippen LogP contribution in [0.15, 0.2) is 60.9 Å². The molecule has 1 amide bonds. The molecule has 4 aromatic rings. The number of hydrogen-bond donors (Lipinski definition) is 0. The Labute approximate surface area is 261 Å². The van der Waals surface area contributed by atoms with Gasteiger partial charge in [-0.1, -0.05) is 17.7 Å². The molecule has 0 bridgehead atoms. The molecule has 0 aliphatic carbocycles. The summed E-state index contributed by atoms with van der Waals surface area (Å²) in [5, 5.41) is 5.56. The van der Waals surface area contributed by atoms with Crippen molar-refractivity contribution in [2.45, 2.75) is 57.9 Å². The number of halogens is 3. The van der Waals surface area contributed by atoms with Crippen molar-refractivity contribution in [2.24, 2.45) is 5.92 Å². The van der Waals surface area contributed by atoms with Gasteiger partial charge in [0.15, 0.2) is 5.82 Å². The fraction of sp³-hybridized carbons (Fsp3) is 0.412. The Morgan fingerprint density at radius 3 is 2.45 bits per heavy atom. The Morgan fingerprint density at radius 2 is 1.80 bits per heavy atom. The van der Waals surface area contributed by atoms with E-state index in [0.29, 0.717) is 42.6 Å². The molecule has 2 aliphatic rings. The Bertz CT molecular complexity index is 1660. The highest BCUT2D eigenvalue weighted by Gasteiger charge is 2.45. The maximum Gasteiger partial charge on any atom is 0.227 e. The number of aromatic nitrogens is 4. The lowest BCUT2D eigenvalue weighted by atomic mass is 9.86. The molecule has 0 saturated carbocycles. The van der Waals surface area contributed by atoms with Crippen LogP contribution in [-0.2, 0) is 4.79 Å². The van der Waals surface area contributed by atoms with Crippen LogP contribution >= 0.6 is 11.6 Å². The first kappa shape index (κ1) is 30.3. The highest BCUT2D eigenvalue weighted by Crippen LogP contribution is 2.40. The Kier molecular flexibility index (Phi) is 8.28. The first-order valence-corrected chi connectivity index (χ1v) is 15.5. The summed E-state index contributed by atoms with van der Waals surface area (Å²) < 4.78 is 30.6. The first-order chi connectivity index (χ1) is 21.0. The maximum atomic E-state index is 15.0. The van der Waals surface area contributed by atoms with Gasteiger partial charge < -0.3 is 4.90 Å². The molecule has 2 aliphatic heterocycles. The van der Waals surface area contributed by atoms with Crippen molar-refractivity contribution in [3.63, 3.8) is 0 Å². The Balaban J connectivity index is 1.25. The smallest absolute Gasteiger partial charge is 0.227 e. The molecule has 2 fully saturated rings. The molecular weight excluding hydrogens is 582 g/mol. The molecule has 0 N–H and O–H groups in total. The van der Waals surface area contributed by atoms with Gasteiger partial charge in [0.25, 0.3) is 0 Å². The topological polar surface area (TPSA) is 67.2 Å². The van der Waals surface area contributed by atoms with Crippen LogP contribution in [0.3, 0.4) is 0 Å². The minimum atomic E-state index is -0.616. The van der Waals surface area contributed by atoms with Crippen molar-refractivity contribution in [2.75, 3.05) is 26.2 Å².